The van der Waals surface area contributed by atoms with Crippen molar-refractivity contribution in [3.8, 4) is 0 Å². The highest BCUT2D eigenvalue weighted by atomic mass is 32.2. The molecular weight excluding hydrogens is 174 g/mol. The molecule has 1 aliphatic heterocycles. The van der Waals surface area contributed by atoms with Crippen molar-refractivity contribution in [1.29, 1.82) is 0 Å². The minimum Gasteiger partial charge on any atom is -0.385 e. The van der Waals surface area contributed by atoms with E-state index in [4.69, 9.17) is 5.73 Å². The monoisotopic (exact) mass is 183 g/mol. The van der Waals surface area contributed by atoms with Crippen molar-refractivity contribution in [1.82, 2.24) is 14.9 Å². The van der Waals surface area contributed by atoms with Gasteiger partial charge in [-0.1, -0.05) is 18.7 Å². The van der Waals surface area contributed by atoms with E-state index in [2.05, 4.69) is 15.3 Å². The molecule has 1 aromatic heterocycles. The molecule has 2 N–H and O–H groups in total. The first-order chi connectivity index (χ1) is 5.81. The van der Waals surface area contributed by atoms with Crippen LogP contribution in [0.1, 0.15) is 12.7 Å². The number of hydrogen-bond acceptors (Lipinski definition) is 5. The Morgan fingerprint density at radius 3 is 3.17 bits per heavy atom. The molecule has 0 amide bonds. The lowest BCUT2D eigenvalue weighted by atomic mass is 10.5. The van der Waals surface area contributed by atoms with Gasteiger partial charge in [0.1, 0.15) is 5.84 Å². The number of aryl methyl sites for hydroxylation is 1. The zero-order chi connectivity index (χ0) is 8.55. The molecule has 0 aliphatic carbocycles. The van der Waals surface area contributed by atoms with E-state index in [1.54, 1.807) is 16.4 Å². The topological polar surface area (TPSA) is 69.1 Å². The maximum atomic E-state index is 5.59. The van der Waals surface area contributed by atoms with Gasteiger partial charge in [0.25, 0.3) is 0 Å². The average molecular weight is 183 g/mol. The largest absolute Gasteiger partial charge is 0.385 e. The number of amidine groups is 1. The van der Waals surface area contributed by atoms with Gasteiger partial charge in [-0.25, -0.2) is 0 Å². The van der Waals surface area contributed by atoms with Gasteiger partial charge in [-0.05, 0) is 0 Å². The molecule has 12 heavy (non-hydrogen) atoms. The van der Waals surface area contributed by atoms with Gasteiger partial charge in [-0.3, -0.25) is 0 Å². The maximum Gasteiger partial charge on any atom is 0.212 e. The molecule has 2 heterocycles. The summed E-state index contributed by atoms with van der Waals surface area (Å²) in [5.74, 6) is 2.20. The van der Waals surface area contributed by atoms with Gasteiger partial charge >= 0.3 is 0 Å². The molecule has 0 atom stereocenters. The van der Waals surface area contributed by atoms with Crippen molar-refractivity contribution >= 4 is 17.6 Å². The predicted molar refractivity (Wildman–Crippen MR) is 47.1 cm³/mol. The van der Waals surface area contributed by atoms with Gasteiger partial charge in [0.05, 0.1) is 5.75 Å². The van der Waals surface area contributed by atoms with Gasteiger partial charge < -0.3 is 5.73 Å². The number of hydrogen-bond donors (Lipinski definition) is 1. The maximum absolute atomic E-state index is 5.59. The van der Waals surface area contributed by atoms with Gasteiger partial charge in [-0.15, -0.1) is 10.2 Å². The van der Waals surface area contributed by atoms with E-state index in [0.29, 0.717) is 11.6 Å². The van der Waals surface area contributed by atoms with E-state index in [0.717, 1.165) is 17.4 Å². The normalized spacial score (nSPS) is 15.6. The van der Waals surface area contributed by atoms with Crippen LogP contribution >= 0.6 is 11.8 Å². The highest BCUT2D eigenvalue weighted by Gasteiger charge is 2.15. The van der Waals surface area contributed by atoms with Crippen LogP contribution in [0.5, 0.6) is 0 Å². The summed E-state index contributed by atoms with van der Waals surface area (Å²) in [6.07, 6.45) is 0.824. The standard InChI is InChI=1S/C6H9N5S/c1-2-5-8-9-6-11(5)10-4(7)3-12-6/h2-3H2,1H3,(H2,7,10). The lowest BCUT2D eigenvalue weighted by Gasteiger charge is -2.08. The summed E-state index contributed by atoms with van der Waals surface area (Å²) >= 11 is 1.57. The van der Waals surface area contributed by atoms with Crippen LogP contribution < -0.4 is 5.73 Å². The molecule has 0 bridgehead atoms. The summed E-state index contributed by atoms with van der Waals surface area (Å²) in [6, 6.07) is 0. The molecule has 2 rings (SSSR count). The molecule has 5 nitrogen and oxygen atoms in total. The van der Waals surface area contributed by atoms with Crippen LogP contribution in [0.25, 0.3) is 0 Å². The van der Waals surface area contributed by atoms with Crippen molar-refractivity contribution in [3.05, 3.63) is 5.82 Å². The third-order valence-corrected chi connectivity index (χ3v) is 2.52. The molecule has 0 unspecified atom stereocenters. The summed E-state index contributed by atoms with van der Waals surface area (Å²) in [5.41, 5.74) is 5.59. The van der Waals surface area contributed by atoms with Gasteiger partial charge in [0, 0.05) is 6.42 Å². The molecule has 0 spiro atoms. The summed E-state index contributed by atoms with van der Waals surface area (Å²) in [6.45, 7) is 2.02. The quantitative estimate of drug-likeness (QED) is 0.668. The Labute approximate surface area is 74.0 Å². The fourth-order valence-corrected chi connectivity index (χ4v) is 1.70. The lowest BCUT2D eigenvalue weighted by molar-refractivity contribution is 0.712. The van der Waals surface area contributed by atoms with E-state index in [9.17, 15) is 0 Å². The van der Waals surface area contributed by atoms with Crippen molar-refractivity contribution in [2.75, 3.05) is 5.75 Å². The summed E-state index contributed by atoms with van der Waals surface area (Å²) in [7, 11) is 0. The van der Waals surface area contributed by atoms with E-state index in [1.807, 2.05) is 6.92 Å². The third-order valence-electron chi connectivity index (χ3n) is 1.57. The fraction of sp³-hybridized carbons (Fsp3) is 0.500. The Balaban J connectivity index is 2.49. The molecule has 0 saturated carbocycles. The second-order valence-corrected chi connectivity index (χ2v) is 3.39. The van der Waals surface area contributed by atoms with Gasteiger partial charge in [-0.2, -0.15) is 9.78 Å². The predicted octanol–water partition coefficient (Wildman–Crippen LogP) is 0.0665. The summed E-state index contributed by atoms with van der Waals surface area (Å²) in [4.78, 5) is 0. The number of aromatic nitrogens is 3. The van der Waals surface area contributed by atoms with E-state index < -0.39 is 0 Å². The highest BCUT2D eigenvalue weighted by Crippen LogP contribution is 2.20. The Morgan fingerprint density at radius 1 is 1.58 bits per heavy atom. The van der Waals surface area contributed by atoms with Crippen LogP contribution in [0.3, 0.4) is 0 Å². The van der Waals surface area contributed by atoms with Crippen LogP contribution in [0.2, 0.25) is 0 Å². The van der Waals surface area contributed by atoms with Crippen molar-refractivity contribution in [2.45, 2.75) is 18.5 Å². The minimum atomic E-state index is 0.627. The zero-order valence-electron chi connectivity index (χ0n) is 6.69. The Morgan fingerprint density at radius 2 is 2.42 bits per heavy atom. The van der Waals surface area contributed by atoms with Crippen molar-refractivity contribution in [2.24, 2.45) is 10.8 Å². The SMILES string of the molecule is CCc1nnc2n1N=C(N)CS2. The van der Waals surface area contributed by atoms with Crippen molar-refractivity contribution < 1.29 is 0 Å². The second-order valence-electron chi connectivity index (χ2n) is 2.44. The first-order valence-electron chi connectivity index (χ1n) is 3.71. The van der Waals surface area contributed by atoms with Gasteiger partial charge in [0.2, 0.25) is 5.16 Å². The molecular formula is C6H9N5S. The van der Waals surface area contributed by atoms with Crippen LogP contribution in [-0.2, 0) is 6.42 Å². The second kappa shape index (κ2) is 2.78. The zero-order valence-corrected chi connectivity index (χ0v) is 7.51. The average Bonchev–Trinajstić information content (AvgIpc) is 2.46. The molecule has 0 saturated heterocycles. The van der Waals surface area contributed by atoms with Gasteiger partial charge in [0.15, 0.2) is 5.82 Å². The number of fused-ring (bicyclic) bond motifs is 1. The lowest BCUT2D eigenvalue weighted by Crippen LogP contribution is -2.21. The van der Waals surface area contributed by atoms with E-state index >= 15 is 0 Å². The number of nitrogens with two attached hydrogens (primary N) is 1. The van der Waals surface area contributed by atoms with Crippen molar-refractivity contribution in [3.63, 3.8) is 0 Å². The first kappa shape index (κ1) is 7.60. The van der Waals surface area contributed by atoms with Crippen LogP contribution in [0.4, 0.5) is 0 Å². The van der Waals surface area contributed by atoms with Crippen LogP contribution in [0.15, 0.2) is 10.3 Å². The van der Waals surface area contributed by atoms with E-state index in [1.165, 1.54) is 0 Å². The summed E-state index contributed by atoms with van der Waals surface area (Å²) < 4.78 is 1.71. The van der Waals surface area contributed by atoms with Crippen LogP contribution in [-0.4, -0.2) is 26.5 Å². The molecule has 64 valence electrons. The molecule has 6 heteroatoms. The minimum absolute atomic E-state index is 0.627. The summed E-state index contributed by atoms with van der Waals surface area (Å²) in [5, 5.41) is 12.9. The third kappa shape index (κ3) is 1.08. The van der Waals surface area contributed by atoms with Crippen LogP contribution in [0, 0.1) is 0 Å². The number of thioether (sulfide) groups is 1. The number of nitrogens with zero attached hydrogens (tertiary/aromatic N) is 4. The molecule has 1 aliphatic rings. The smallest absolute Gasteiger partial charge is 0.212 e. The van der Waals surface area contributed by atoms with E-state index in [-0.39, 0.29) is 0 Å². The Kier molecular flexibility index (Phi) is 1.76. The molecule has 0 fully saturated rings. The Hall–Kier alpha value is -1.04. The fourth-order valence-electron chi connectivity index (χ4n) is 1.00. The molecule has 0 aromatic carbocycles. The Bertz CT molecular complexity index is 329. The highest BCUT2D eigenvalue weighted by molar-refractivity contribution is 7.99. The first-order valence-corrected chi connectivity index (χ1v) is 4.70. The molecule has 1 aromatic rings. The number of rotatable bonds is 1. The molecule has 0 radical (unpaired) electrons.